The summed E-state index contributed by atoms with van der Waals surface area (Å²) in [5.74, 6) is -2.20. The molecule has 0 spiro atoms. The Labute approximate surface area is 139 Å². The lowest BCUT2D eigenvalue weighted by Crippen LogP contribution is -2.19. The summed E-state index contributed by atoms with van der Waals surface area (Å²) < 4.78 is 37.0. The van der Waals surface area contributed by atoms with E-state index in [2.05, 4.69) is 5.92 Å². The molecule has 130 valence electrons. The summed E-state index contributed by atoms with van der Waals surface area (Å²) >= 11 is 0. The second-order valence-electron chi connectivity index (χ2n) is 4.98. The number of carbonyl (C=O) groups is 2. The Morgan fingerprint density at radius 3 is 2.54 bits per heavy atom. The van der Waals surface area contributed by atoms with Crippen LogP contribution in [-0.2, 0) is 9.53 Å². The monoisotopic (exact) mass is 339 g/mol. The SMILES string of the molecule is C#CCCCCCCOC(=O)COc1ccc(F)c(C(N)=O)c1F. The van der Waals surface area contributed by atoms with Crippen LogP contribution in [0, 0.1) is 24.0 Å². The van der Waals surface area contributed by atoms with Gasteiger partial charge >= 0.3 is 5.97 Å². The van der Waals surface area contributed by atoms with Gasteiger partial charge in [-0.15, -0.1) is 12.3 Å². The maximum Gasteiger partial charge on any atom is 0.344 e. The number of nitrogens with two attached hydrogens (primary N) is 1. The molecule has 0 aliphatic carbocycles. The van der Waals surface area contributed by atoms with Gasteiger partial charge in [0.1, 0.15) is 11.4 Å². The highest BCUT2D eigenvalue weighted by atomic mass is 19.1. The third-order valence-corrected chi connectivity index (χ3v) is 3.13. The van der Waals surface area contributed by atoms with Crippen LogP contribution in [0.1, 0.15) is 42.5 Å². The zero-order valence-electron chi connectivity index (χ0n) is 13.1. The molecule has 0 aliphatic rings. The molecule has 7 heteroatoms. The number of hydrogen-bond donors (Lipinski definition) is 1. The fraction of sp³-hybridized carbons (Fsp3) is 0.412. The lowest BCUT2D eigenvalue weighted by atomic mass is 10.1. The number of hydrogen-bond acceptors (Lipinski definition) is 4. The molecule has 0 aliphatic heterocycles. The molecule has 24 heavy (non-hydrogen) atoms. The highest BCUT2D eigenvalue weighted by Gasteiger charge is 2.19. The Bertz CT molecular complexity index is 626. The molecule has 0 unspecified atom stereocenters. The summed E-state index contributed by atoms with van der Waals surface area (Å²) in [5, 5.41) is 0. The van der Waals surface area contributed by atoms with Crippen molar-refractivity contribution in [1.82, 2.24) is 0 Å². The van der Waals surface area contributed by atoms with Crippen molar-refractivity contribution in [3.63, 3.8) is 0 Å². The Morgan fingerprint density at radius 1 is 1.17 bits per heavy atom. The number of amides is 1. The van der Waals surface area contributed by atoms with Crippen LogP contribution in [0.25, 0.3) is 0 Å². The lowest BCUT2D eigenvalue weighted by Gasteiger charge is -2.09. The van der Waals surface area contributed by atoms with Gasteiger partial charge in [-0.05, 0) is 25.0 Å². The predicted octanol–water partition coefficient (Wildman–Crippen LogP) is 2.57. The van der Waals surface area contributed by atoms with Gasteiger partial charge in [0.15, 0.2) is 18.2 Å². The summed E-state index contributed by atoms with van der Waals surface area (Å²) in [6.45, 7) is -0.339. The fourth-order valence-corrected chi connectivity index (χ4v) is 1.92. The molecule has 0 fully saturated rings. The van der Waals surface area contributed by atoms with E-state index in [0.29, 0.717) is 6.42 Å². The largest absolute Gasteiger partial charge is 0.479 e. The van der Waals surface area contributed by atoms with Crippen molar-refractivity contribution in [2.45, 2.75) is 32.1 Å². The molecule has 1 rings (SSSR count). The van der Waals surface area contributed by atoms with Crippen molar-refractivity contribution in [3.05, 3.63) is 29.3 Å². The second-order valence-corrected chi connectivity index (χ2v) is 4.98. The average Bonchev–Trinajstić information content (AvgIpc) is 2.53. The first-order chi connectivity index (χ1) is 11.5. The van der Waals surface area contributed by atoms with E-state index in [-0.39, 0.29) is 6.61 Å². The number of carbonyl (C=O) groups excluding carboxylic acids is 2. The van der Waals surface area contributed by atoms with Gasteiger partial charge in [0.2, 0.25) is 0 Å². The van der Waals surface area contributed by atoms with Crippen molar-refractivity contribution in [2.75, 3.05) is 13.2 Å². The predicted molar refractivity (Wildman–Crippen MR) is 83.2 cm³/mol. The molecule has 0 aromatic heterocycles. The maximum absolute atomic E-state index is 13.9. The van der Waals surface area contributed by atoms with Gasteiger partial charge in [-0.1, -0.05) is 12.8 Å². The van der Waals surface area contributed by atoms with Gasteiger partial charge in [-0.25, -0.2) is 13.6 Å². The molecule has 0 radical (unpaired) electrons. The third kappa shape index (κ3) is 6.24. The smallest absolute Gasteiger partial charge is 0.344 e. The normalized spacial score (nSPS) is 10.0. The summed E-state index contributed by atoms with van der Waals surface area (Å²) in [6.07, 6.45) is 9.31. The summed E-state index contributed by atoms with van der Waals surface area (Å²) in [4.78, 5) is 22.5. The van der Waals surface area contributed by atoms with Crippen molar-refractivity contribution in [3.8, 4) is 18.1 Å². The number of benzene rings is 1. The Morgan fingerprint density at radius 2 is 1.88 bits per heavy atom. The number of rotatable bonds is 10. The van der Waals surface area contributed by atoms with Gasteiger partial charge in [0.05, 0.1) is 6.61 Å². The zero-order chi connectivity index (χ0) is 17.9. The van der Waals surface area contributed by atoms with Crippen molar-refractivity contribution in [1.29, 1.82) is 0 Å². The first-order valence-corrected chi connectivity index (χ1v) is 7.47. The van der Waals surface area contributed by atoms with E-state index >= 15 is 0 Å². The molecule has 1 aromatic carbocycles. The van der Waals surface area contributed by atoms with E-state index in [4.69, 9.17) is 21.6 Å². The first kappa shape index (κ1) is 19.4. The van der Waals surface area contributed by atoms with E-state index in [0.717, 1.165) is 37.8 Å². The standard InChI is InChI=1S/C17H19F2NO4/c1-2-3-4-5-6-7-10-23-14(21)11-24-13-9-8-12(18)15(16(13)19)17(20)22/h1,8-9H,3-7,10-11H2,(H2,20,22). The minimum atomic E-state index is -1.26. The van der Waals surface area contributed by atoms with E-state index in [1.807, 2.05) is 0 Å². The zero-order valence-corrected chi connectivity index (χ0v) is 13.1. The molecule has 0 bridgehead atoms. The molecular weight excluding hydrogens is 320 g/mol. The lowest BCUT2D eigenvalue weighted by molar-refractivity contribution is -0.146. The van der Waals surface area contributed by atoms with Crippen molar-refractivity contribution >= 4 is 11.9 Å². The molecular formula is C17H19F2NO4. The van der Waals surface area contributed by atoms with E-state index in [1.165, 1.54) is 0 Å². The summed E-state index contributed by atoms with van der Waals surface area (Å²) in [5.41, 5.74) is 3.98. The van der Waals surface area contributed by atoms with Gasteiger partial charge in [0.25, 0.3) is 5.91 Å². The molecule has 1 amide bonds. The van der Waals surface area contributed by atoms with Crippen LogP contribution < -0.4 is 10.5 Å². The van der Waals surface area contributed by atoms with Crippen molar-refractivity contribution in [2.24, 2.45) is 5.73 Å². The topological polar surface area (TPSA) is 78.6 Å². The van der Waals surface area contributed by atoms with Crippen LogP contribution >= 0.6 is 0 Å². The van der Waals surface area contributed by atoms with Gasteiger partial charge in [-0.3, -0.25) is 4.79 Å². The van der Waals surface area contributed by atoms with Crippen LogP contribution in [0.3, 0.4) is 0 Å². The highest BCUT2D eigenvalue weighted by molar-refractivity contribution is 5.93. The minimum absolute atomic E-state index is 0.219. The van der Waals surface area contributed by atoms with Crippen LogP contribution in [-0.4, -0.2) is 25.1 Å². The number of halogens is 2. The maximum atomic E-state index is 13.9. The Hall–Kier alpha value is -2.62. The average molecular weight is 339 g/mol. The molecule has 1 aromatic rings. The second kappa shape index (κ2) is 10.2. The van der Waals surface area contributed by atoms with Crippen LogP contribution in [0.15, 0.2) is 12.1 Å². The molecule has 0 saturated heterocycles. The van der Waals surface area contributed by atoms with E-state index in [1.54, 1.807) is 0 Å². The first-order valence-electron chi connectivity index (χ1n) is 7.47. The number of esters is 1. The quantitative estimate of drug-likeness (QED) is 0.404. The summed E-state index contributed by atoms with van der Waals surface area (Å²) in [6, 6.07) is 1.80. The highest BCUT2D eigenvalue weighted by Crippen LogP contribution is 2.22. The Kier molecular flexibility index (Phi) is 8.26. The van der Waals surface area contributed by atoms with Gasteiger partial charge in [-0.2, -0.15) is 0 Å². The molecule has 0 heterocycles. The number of unbranched alkanes of at least 4 members (excludes halogenated alkanes) is 4. The van der Waals surface area contributed by atoms with Gasteiger partial charge < -0.3 is 15.2 Å². The van der Waals surface area contributed by atoms with Crippen LogP contribution in [0.2, 0.25) is 0 Å². The van der Waals surface area contributed by atoms with Crippen LogP contribution in [0.4, 0.5) is 8.78 Å². The van der Waals surface area contributed by atoms with E-state index < -0.39 is 41.4 Å². The van der Waals surface area contributed by atoms with E-state index in [9.17, 15) is 18.4 Å². The molecule has 5 nitrogen and oxygen atoms in total. The third-order valence-electron chi connectivity index (χ3n) is 3.13. The minimum Gasteiger partial charge on any atom is -0.479 e. The van der Waals surface area contributed by atoms with Gasteiger partial charge in [0, 0.05) is 6.42 Å². The number of ether oxygens (including phenoxy) is 2. The summed E-state index contributed by atoms with van der Waals surface area (Å²) in [7, 11) is 0. The fourth-order valence-electron chi connectivity index (χ4n) is 1.92. The molecule has 2 N–H and O–H groups in total. The molecule has 0 atom stereocenters. The number of primary amides is 1. The van der Waals surface area contributed by atoms with Crippen molar-refractivity contribution < 1.29 is 27.8 Å². The Balaban J connectivity index is 2.36. The molecule has 0 saturated carbocycles. The van der Waals surface area contributed by atoms with Crippen LogP contribution in [0.5, 0.6) is 5.75 Å². The number of terminal acetylenes is 1.